The highest BCUT2D eigenvalue weighted by atomic mass is 19.4. The summed E-state index contributed by atoms with van der Waals surface area (Å²) in [6.07, 6.45) is -7.90. The maximum absolute atomic E-state index is 13.1. The van der Waals surface area contributed by atoms with E-state index in [1.165, 1.54) is 6.92 Å². The summed E-state index contributed by atoms with van der Waals surface area (Å²) in [5.41, 5.74) is 0. The predicted molar refractivity (Wildman–Crippen MR) is 61.4 cm³/mol. The van der Waals surface area contributed by atoms with Crippen LogP contribution in [0.5, 0.6) is 0 Å². The van der Waals surface area contributed by atoms with Crippen LogP contribution >= 0.6 is 0 Å². The van der Waals surface area contributed by atoms with Gasteiger partial charge < -0.3 is 15.2 Å². The molecule has 0 aliphatic carbocycles. The Morgan fingerprint density at radius 3 is 1.96 bits per heavy atom. The van der Waals surface area contributed by atoms with Gasteiger partial charge in [0, 0.05) is 0 Å². The first kappa shape index (κ1) is 21.9. The Bertz CT molecular complexity index is 492. The number of amides is 1. The number of hydrogen-bond acceptors (Lipinski definition) is 4. The summed E-state index contributed by atoms with van der Waals surface area (Å²) in [6.45, 7) is 1.18. The van der Waals surface area contributed by atoms with Crippen LogP contribution in [0.1, 0.15) is 19.8 Å². The number of carboxylic acid groups (broad SMARTS) is 1. The number of alkyl halides is 7. The van der Waals surface area contributed by atoms with E-state index in [9.17, 15) is 45.1 Å². The lowest BCUT2D eigenvalue weighted by molar-refractivity contribution is -0.344. The van der Waals surface area contributed by atoms with Gasteiger partial charge in [-0.3, -0.25) is 9.59 Å². The summed E-state index contributed by atoms with van der Waals surface area (Å²) in [5, 5.41) is 9.34. The van der Waals surface area contributed by atoms with Crippen LogP contribution < -0.4 is 5.32 Å². The third-order valence-electron chi connectivity index (χ3n) is 2.45. The number of carboxylic acids is 1. The predicted octanol–water partition coefficient (Wildman–Crippen LogP) is 1.73. The smallest absolute Gasteiger partial charge is 0.460 e. The van der Waals surface area contributed by atoms with Crippen LogP contribution in [0.25, 0.3) is 0 Å². The third-order valence-corrected chi connectivity index (χ3v) is 2.45. The van der Waals surface area contributed by atoms with Crippen molar-refractivity contribution in [3.63, 3.8) is 0 Å². The van der Waals surface area contributed by atoms with Gasteiger partial charge in [0.1, 0.15) is 6.04 Å². The molecule has 1 amide bonds. The average molecular weight is 371 g/mol. The second kappa shape index (κ2) is 7.66. The van der Waals surface area contributed by atoms with Crippen LogP contribution in [0.4, 0.5) is 30.7 Å². The normalized spacial score (nSPS) is 14.0. The quantitative estimate of drug-likeness (QED) is 0.501. The Hall–Kier alpha value is -2.08. The zero-order chi connectivity index (χ0) is 19.3. The average Bonchev–Trinajstić information content (AvgIpc) is 2.41. The molecule has 0 heterocycles. The highest BCUT2D eigenvalue weighted by molar-refractivity contribution is 5.91. The minimum Gasteiger partial charge on any atom is -0.481 e. The van der Waals surface area contributed by atoms with E-state index < -0.39 is 48.3 Å². The van der Waals surface area contributed by atoms with Crippen LogP contribution in [0, 0.1) is 0 Å². The van der Waals surface area contributed by atoms with E-state index in [0.717, 1.165) is 5.32 Å². The molecule has 1 atom stereocenters. The van der Waals surface area contributed by atoms with E-state index >= 15 is 0 Å². The Balaban J connectivity index is 5.37. The van der Waals surface area contributed by atoms with Gasteiger partial charge in [0.15, 0.2) is 0 Å². The van der Waals surface area contributed by atoms with Crippen LogP contribution in [-0.4, -0.2) is 53.6 Å². The fourth-order valence-corrected chi connectivity index (χ4v) is 1.24. The second-order valence-electron chi connectivity index (χ2n) is 4.44. The number of esters is 1. The molecule has 24 heavy (non-hydrogen) atoms. The van der Waals surface area contributed by atoms with Crippen molar-refractivity contribution in [3.05, 3.63) is 0 Å². The van der Waals surface area contributed by atoms with E-state index in [1.54, 1.807) is 0 Å². The topological polar surface area (TPSA) is 92.7 Å². The summed E-state index contributed by atoms with van der Waals surface area (Å²) in [7, 11) is 0. The van der Waals surface area contributed by atoms with Crippen molar-refractivity contribution in [1.29, 1.82) is 0 Å². The number of rotatable bonds is 8. The van der Waals surface area contributed by atoms with Gasteiger partial charge in [-0.25, -0.2) is 4.79 Å². The molecular weight excluding hydrogens is 359 g/mol. The lowest BCUT2D eigenvalue weighted by Crippen LogP contribution is -2.61. The Morgan fingerprint density at radius 2 is 1.58 bits per heavy atom. The molecule has 0 spiro atoms. The number of nitrogens with one attached hydrogen (secondary N) is 1. The van der Waals surface area contributed by atoms with E-state index in [2.05, 4.69) is 4.74 Å². The molecule has 2 N–H and O–H groups in total. The lowest BCUT2D eigenvalue weighted by atomic mass is 10.1. The molecule has 0 rings (SSSR count). The second-order valence-corrected chi connectivity index (χ2v) is 4.44. The Labute approximate surface area is 129 Å². The van der Waals surface area contributed by atoms with Crippen LogP contribution in [0.15, 0.2) is 0 Å². The van der Waals surface area contributed by atoms with E-state index in [-0.39, 0.29) is 13.0 Å². The van der Waals surface area contributed by atoms with Gasteiger partial charge in [0.2, 0.25) is 0 Å². The molecule has 0 saturated heterocycles. The van der Waals surface area contributed by atoms with Crippen LogP contribution in [0.3, 0.4) is 0 Å². The molecule has 0 aliphatic heterocycles. The number of halogens is 7. The van der Waals surface area contributed by atoms with Gasteiger partial charge in [-0.15, -0.1) is 0 Å². The van der Waals surface area contributed by atoms with Crippen molar-refractivity contribution in [2.45, 2.75) is 43.8 Å². The minimum atomic E-state index is -6.75. The number of carbonyl (C=O) groups is 3. The summed E-state index contributed by atoms with van der Waals surface area (Å²) in [5.74, 6) is -19.6. The SMILES string of the molecule is CCCOC(=O)C(CC(=O)O)NC(=O)C(F)(F)C(F)(F)C(F)(F)F. The van der Waals surface area contributed by atoms with Crippen molar-refractivity contribution in [2.75, 3.05) is 6.61 Å². The largest absolute Gasteiger partial charge is 0.481 e. The van der Waals surface area contributed by atoms with Gasteiger partial charge in [-0.05, 0) is 6.42 Å². The first-order valence-electron chi connectivity index (χ1n) is 6.20. The summed E-state index contributed by atoms with van der Waals surface area (Å²) in [4.78, 5) is 33.0. The molecule has 140 valence electrons. The van der Waals surface area contributed by atoms with Gasteiger partial charge in [-0.2, -0.15) is 30.7 Å². The standard InChI is InChI=1S/C11H12F7NO5/c1-2-3-24-7(22)5(4-6(20)21)19-8(23)9(12,13)10(14,15)11(16,17)18/h5H,2-4H2,1H3,(H,19,23)(H,20,21). The first-order valence-corrected chi connectivity index (χ1v) is 6.20. The molecule has 0 bridgehead atoms. The molecular formula is C11H12F7NO5. The fourth-order valence-electron chi connectivity index (χ4n) is 1.24. The fraction of sp³-hybridized carbons (Fsp3) is 0.727. The van der Waals surface area contributed by atoms with Crippen molar-refractivity contribution in [1.82, 2.24) is 5.32 Å². The molecule has 0 radical (unpaired) electrons. The molecule has 0 fully saturated rings. The van der Waals surface area contributed by atoms with E-state index in [1.807, 2.05) is 0 Å². The van der Waals surface area contributed by atoms with Crippen LogP contribution in [0.2, 0.25) is 0 Å². The van der Waals surface area contributed by atoms with E-state index in [0.29, 0.717) is 0 Å². The van der Waals surface area contributed by atoms with Crippen molar-refractivity contribution in [3.8, 4) is 0 Å². The number of aliphatic carboxylic acids is 1. The van der Waals surface area contributed by atoms with Gasteiger partial charge in [0.05, 0.1) is 13.0 Å². The minimum absolute atomic E-state index is 0.210. The Kier molecular flexibility index (Phi) is 7.00. The molecule has 1 unspecified atom stereocenters. The summed E-state index contributed by atoms with van der Waals surface area (Å²) >= 11 is 0. The lowest BCUT2D eigenvalue weighted by Gasteiger charge is -2.28. The highest BCUT2D eigenvalue weighted by Gasteiger charge is 2.76. The summed E-state index contributed by atoms with van der Waals surface area (Å²) in [6, 6.07) is -2.36. The number of hydrogen-bond donors (Lipinski definition) is 2. The van der Waals surface area contributed by atoms with Gasteiger partial charge >= 0.3 is 30.0 Å². The third kappa shape index (κ3) is 4.96. The highest BCUT2D eigenvalue weighted by Crippen LogP contribution is 2.46. The van der Waals surface area contributed by atoms with E-state index in [4.69, 9.17) is 5.11 Å². The molecule has 0 aromatic heterocycles. The molecule has 0 aromatic carbocycles. The molecule has 0 aliphatic rings. The molecule has 13 heteroatoms. The molecule has 0 aromatic rings. The maximum atomic E-state index is 13.1. The number of ether oxygens (including phenoxy) is 1. The summed E-state index contributed by atoms with van der Waals surface area (Å²) < 4.78 is 91.9. The zero-order valence-corrected chi connectivity index (χ0v) is 11.9. The van der Waals surface area contributed by atoms with Crippen molar-refractivity contribution >= 4 is 17.8 Å². The van der Waals surface area contributed by atoms with Crippen molar-refractivity contribution in [2.24, 2.45) is 0 Å². The monoisotopic (exact) mass is 371 g/mol. The number of carbonyl (C=O) groups excluding carboxylic acids is 2. The van der Waals surface area contributed by atoms with Crippen LogP contribution in [-0.2, 0) is 19.1 Å². The van der Waals surface area contributed by atoms with Gasteiger partial charge in [0.25, 0.3) is 5.91 Å². The first-order chi connectivity index (χ1) is 10.7. The molecule has 6 nitrogen and oxygen atoms in total. The van der Waals surface area contributed by atoms with Gasteiger partial charge in [-0.1, -0.05) is 6.92 Å². The molecule has 0 saturated carbocycles. The maximum Gasteiger partial charge on any atom is 0.460 e. The zero-order valence-electron chi connectivity index (χ0n) is 11.9. The Morgan fingerprint density at radius 1 is 1.08 bits per heavy atom. The van der Waals surface area contributed by atoms with Crippen molar-refractivity contribution < 1.29 is 55.0 Å².